The molecule has 23 heavy (non-hydrogen) atoms. The van der Waals surface area contributed by atoms with Crippen LogP contribution >= 0.6 is 0 Å². The molecule has 0 aliphatic heterocycles. The van der Waals surface area contributed by atoms with Crippen LogP contribution in [0.2, 0.25) is 0 Å². The molecule has 4 heteroatoms. The van der Waals surface area contributed by atoms with Crippen molar-refractivity contribution in [2.75, 3.05) is 19.0 Å². The molecule has 3 aromatic rings. The number of nitriles is 1. The van der Waals surface area contributed by atoms with E-state index in [0.29, 0.717) is 22.9 Å². The van der Waals surface area contributed by atoms with E-state index in [1.807, 2.05) is 79.7 Å². The summed E-state index contributed by atoms with van der Waals surface area (Å²) in [5.74, 6) is 0.585. The van der Waals surface area contributed by atoms with Crippen molar-refractivity contribution in [2.24, 2.45) is 0 Å². The lowest BCUT2D eigenvalue weighted by Gasteiger charge is -2.15. The predicted molar refractivity (Wildman–Crippen MR) is 91.9 cm³/mol. The Morgan fingerprint density at radius 2 is 1.22 bits per heavy atom. The average molecular weight is 300 g/mol. The summed E-state index contributed by atoms with van der Waals surface area (Å²) in [4.78, 5) is 11.0. The van der Waals surface area contributed by atoms with Crippen molar-refractivity contribution in [1.82, 2.24) is 9.97 Å². The quantitative estimate of drug-likeness (QED) is 0.739. The van der Waals surface area contributed by atoms with Crippen LogP contribution in [0.5, 0.6) is 0 Å². The highest BCUT2D eigenvalue weighted by Crippen LogP contribution is 2.30. The summed E-state index contributed by atoms with van der Waals surface area (Å²) in [7, 11) is 3.79. The molecule has 112 valence electrons. The molecule has 0 radical (unpaired) electrons. The lowest BCUT2D eigenvalue weighted by molar-refractivity contribution is 1.00. The van der Waals surface area contributed by atoms with E-state index in [0.717, 1.165) is 11.1 Å². The molecule has 4 nitrogen and oxygen atoms in total. The summed E-state index contributed by atoms with van der Waals surface area (Å²) in [5, 5.41) is 9.71. The highest BCUT2D eigenvalue weighted by Gasteiger charge is 2.17. The molecule has 1 heterocycles. The minimum Gasteiger partial charge on any atom is -0.347 e. The van der Waals surface area contributed by atoms with E-state index in [-0.39, 0.29) is 0 Å². The van der Waals surface area contributed by atoms with E-state index in [4.69, 9.17) is 0 Å². The zero-order valence-electron chi connectivity index (χ0n) is 13.1. The second kappa shape index (κ2) is 6.29. The minimum absolute atomic E-state index is 0.494. The Balaban J connectivity index is 2.32. The summed E-state index contributed by atoms with van der Waals surface area (Å²) in [6.45, 7) is 0. The molecule has 0 aliphatic carbocycles. The van der Waals surface area contributed by atoms with Crippen molar-refractivity contribution >= 4 is 5.95 Å². The van der Waals surface area contributed by atoms with Crippen LogP contribution < -0.4 is 4.90 Å². The maximum Gasteiger partial charge on any atom is 0.226 e. The van der Waals surface area contributed by atoms with E-state index in [9.17, 15) is 5.26 Å². The minimum atomic E-state index is 0.494. The van der Waals surface area contributed by atoms with Crippen molar-refractivity contribution in [3.8, 4) is 28.6 Å². The summed E-state index contributed by atoms with van der Waals surface area (Å²) in [6.07, 6.45) is 0. The molecule has 1 aromatic heterocycles. The fourth-order valence-corrected chi connectivity index (χ4v) is 2.36. The largest absolute Gasteiger partial charge is 0.347 e. The first-order chi connectivity index (χ1) is 11.2. The number of benzene rings is 2. The normalized spacial score (nSPS) is 10.1. The first-order valence-corrected chi connectivity index (χ1v) is 7.31. The smallest absolute Gasteiger partial charge is 0.226 e. The Morgan fingerprint density at radius 3 is 1.57 bits per heavy atom. The topological polar surface area (TPSA) is 52.8 Å². The van der Waals surface area contributed by atoms with E-state index >= 15 is 0 Å². The summed E-state index contributed by atoms with van der Waals surface area (Å²) < 4.78 is 0. The van der Waals surface area contributed by atoms with Crippen LogP contribution in [-0.2, 0) is 0 Å². The van der Waals surface area contributed by atoms with Gasteiger partial charge in [0.05, 0.1) is 11.4 Å². The van der Waals surface area contributed by atoms with Gasteiger partial charge in [-0.1, -0.05) is 60.7 Å². The van der Waals surface area contributed by atoms with Gasteiger partial charge < -0.3 is 4.90 Å². The van der Waals surface area contributed by atoms with Gasteiger partial charge in [-0.05, 0) is 0 Å². The fourth-order valence-electron chi connectivity index (χ4n) is 2.36. The second-order valence-electron chi connectivity index (χ2n) is 5.33. The molecule has 0 amide bonds. The van der Waals surface area contributed by atoms with Gasteiger partial charge in [0.2, 0.25) is 5.95 Å². The zero-order valence-corrected chi connectivity index (χ0v) is 13.1. The summed E-state index contributed by atoms with van der Waals surface area (Å²) in [5.41, 5.74) is 3.63. The van der Waals surface area contributed by atoms with Crippen LogP contribution in [0.25, 0.3) is 22.5 Å². The van der Waals surface area contributed by atoms with Gasteiger partial charge in [-0.2, -0.15) is 5.26 Å². The number of anilines is 1. The third-order valence-corrected chi connectivity index (χ3v) is 3.50. The van der Waals surface area contributed by atoms with E-state index in [1.54, 1.807) is 0 Å². The molecule has 0 N–H and O–H groups in total. The van der Waals surface area contributed by atoms with E-state index in [1.165, 1.54) is 0 Å². The first kappa shape index (κ1) is 14.7. The molecule has 3 rings (SSSR count). The second-order valence-corrected chi connectivity index (χ2v) is 5.33. The zero-order chi connectivity index (χ0) is 16.2. The third-order valence-electron chi connectivity index (χ3n) is 3.50. The van der Waals surface area contributed by atoms with Crippen LogP contribution in [0.1, 0.15) is 5.56 Å². The number of hydrogen-bond acceptors (Lipinski definition) is 4. The Bertz CT molecular complexity index is 789. The van der Waals surface area contributed by atoms with Gasteiger partial charge in [0.25, 0.3) is 0 Å². The summed E-state index contributed by atoms with van der Waals surface area (Å²) in [6, 6.07) is 21.8. The molecule has 2 aromatic carbocycles. The molecule has 0 aliphatic rings. The van der Waals surface area contributed by atoms with E-state index < -0.39 is 0 Å². The van der Waals surface area contributed by atoms with Gasteiger partial charge in [0, 0.05) is 25.2 Å². The molecule has 0 unspecified atom stereocenters. The number of nitrogens with zero attached hydrogens (tertiary/aromatic N) is 4. The Labute approximate surface area is 135 Å². The molecule has 0 spiro atoms. The average Bonchev–Trinajstić information content (AvgIpc) is 2.62. The molecule has 0 saturated heterocycles. The molecular formula is C19H16N4. The Hall–Kier alpha value is -3.19. The van der Waals surface area contributed by atoms with E-state index in [2.05, 4.69) is 16.0 Å². The SMILES string of the molecule is CN(C)c1nc(-c2ccccc2)c(C#N)c(-c2ccccc2)n1. The monoisotopic (exact) mass is 300 g/mol. The fraction of sp³-hybridized carbons (Fsp3) is 0.105. The lowest BCUT2D eigenvalue weighted by Crippen LogP contribution is -2.14. The van der Waals surface area contributed by atoms with Gasteiger partial charge in [0.15, 0.2) is 0 Å². The van der Waals surface area contributed by atoms with Crippen molar-refractivity contribution in [3.05, 3.63) is 66.2 Å². The highest BCUT2D eigenvalue weighted by atomic mass is 15.2. The predicted octanol–water partition coefficient (Wildman–Crippen LogP) is 3.75. The number of rotatable bonds is 3. The van der Waals surface area contributed by atoms with Crippen molar-refractivity contribution in [3.63, 3.8) is 0 Å². The molecule has 0 bridgehead atoms. The lowest BCUT2D eigenvalue weighted by atomic mass is 10.0. The number of hydrogen-bond donors (Lipinski definition) is 0. The Morgan fingerprint density at radius 1 is 0.783 bits per heavy atom. The standard InChI is InChI=1S/C19H16N4/c1-23(2)19-21-17(14-9-5-3-6-10-14)16(13-20)18(22-19)15-11-7-4-8-12-15/h3-12H,1-2H3. The maximum atomic E-state index is 9.71. The van der Waals surface area contributed by atoms with Gasteiger partial charge >= 0.3 is 0 Å². The molecular weight excluding hydrogens is 284 g/mol. The molecule has 0 atom stereocenters. The van der Waals surface area contributed by atoms with Crippen molar-refractivity contribution in [1.29, 1.82) is 5.26 Å². The highest BCUT2D eigenvalue weighted by molar-refractivity contribution is 5.78. The Kier molecular flexibility index (Phi) is 4.03. The van der Waals surface area contributed by atoms with Gasteiger partial charge in [-0.15, -0.1) is 0 Å². The van der Waals surface area contributed by atoms with Gasteiger partial charge in [-0.25, -0.2) is 9.97 Å². The molecule has 0 saturated carbocycles. The molecule has 0 fully saturated rings. The van der Waals surface area contributed by atoms with Crippen LogP contribution in [0, 0.1) is 11.3 Å². The van der Waals surface area contributed by atoms with Crippen LogP contribution in [0.15, 0.2) is 60.7 Å². The van der Waals surface area contributed by atoms with Gasteiger partial charge in [0.1, 0.15) is 11.6 Å². The van der Waals surface area contributed by atoms with Crippen molar-refractivity contribution < 1.29 is 0 Å². The number of aromatic nitrogens is 2. The maximum absolute atomic E-state index is 9.71. The van der Waals surface area contributed by atoms with Crippen LogP contribution in [0.4, 0.5) is 5.95 Å². The summed E-state index contributed by atoms with van der Waals surface area (Å²) >= 11 is 0. The van der Waals surface area contributed by atoms with Crippen LogP contribution in [-0.4, -0.2) is 24.1 Å². The van der Waals surface area contributed by atoms with Gasteiger partial charge in [-0.3, -0.25) is 0 Å². The third kappa shape index (κ3) is 2.90. The first-order valence-electron chi connectivity index (χ1n) is 7.31. The van der Waals surface area contributed by atoms with Crippen LogP contribution in [0.3, 0.4) is 0 Å². The van der Waals surface area contributed by atoms with Crippen molar-refractivity contribution in [2.45, 2.75) is 0 Å².